The maximum atomic E-state index is 11.9. The van der Waals surface area contributed by atoms with E-state index in [-0.39, 0.29) is 11.0 Å². The number of benzene rings is 1. The molecule has 1 aliphatic rings. The Morgan fingerprint density at radius 3 is 2.95 bits per heavy atom. The van der Waals surface area contributed by atoms with Gasteiger partial charge in [0.25, 0.3) is 0 Å². The molecule has 5 heteroatoms. The van der Waals surface area contributed by atoms with Crippen LogP contribution in [0.3, 0.4) is 0 Å². The van der Waals surface area contributed by atoms with E-state index in [0.29, 0.717) is 13.0 Å². The van der Waals surface area contributed by atoms with E-state index >= 15 is 0 Å². The topological polar surface area (TPSA) is 50.5 Å². The fraction of sp³-hybridized carbons (Fsp3) is 0.467. The standard InChI is InChI=1S/C15H19NO3S/c1-12-6-7-16(8-9-20(12,17)18)10-13-11-19-15-5-3-2-4-14(13)15/h2-5,11-12H,6-10H2,1H3/t12-/m1/s1. The average Bonchev–Trinajstić information content (AvgIpc) is 2.79. The molecule has 0 bridgehead atoms. The number of hydrogen-bond donors (Lipinski definition) is 0. The molecule has 0 N–H and O–H groups in total. The summed E-state index contributed by atoms with van der Waals surface area (Å²) in [5.74, 6) is 0.254. The largest absolute Gasteiger partial charge is 0.464 e. The molecule has 1 aromatic heterocycles. The van der Waals surface area contributed by atoms with E-state index in [4.69, 9.17) is 4.42 Å². The molecule has 0 aliphatic carbocycles. The molecular formula is C15H19NO3S. The van der Waals surface area contributed by atoms with Gasteiger partial charge in [-0.25, -0.2) is 8.42 Å². The van der Waals surface area contributed by atoms with Crippen LogP contribution in [0, 0.1) is 0 Å². The zero-order chi connectivity index (χ0) is 14.2. The molecular weight excluding hydrogens is 274 g/mol. The lowest BCUT2D eigenvalue weighted by molar-refractivity contribution is 0.283. The molecule has 0 saturated carbocycles. The third kappa shape index (κ3) is 2.60. The maximum Gasteiger partial charge on any atom is 0.154 e. The van der Waals surface area contributed by atoms with Gasteiger partial charge in [0.2, 0.25) is 0 Å². The first-order chi connectivity index (χ1) is 9.56. The molecule has 1 atom stereocenters. The minimum atomic E-state index is -2.92. The van der Waals surface area contributed by atoms with Crippen molar-refractivity contribution in [1.29, 1.82) is 0 Å². The lowest BCUT2D eigenvalue weighted by atomic mass is 10.1. The highest BCUT2D eigenvalue weighted by atomic mass is 32.2. The van der Waals surface area contributed by atoms with Crippen molar-refractivity contribution < 1.29 is 12.8 Å². The van der Waals surface area contributed by atoms with Gasteiger partial charge in [-0.05, 0) is 26.0 Å². The third-order valence-corrected chi connectivity index (χ3v) is 6.33. The van der Waals surface area contributed by atoms with Crippen LogP contribution in [0.25, 0.3) is 11.0 Å². The molecule has 1 fully saturated rings. The van der Waals surface area contributed by atoms with Gasteiger partial charge < -0.3 is 4.42 Å². The number of rotatable bonds is 2. The summed E-state index contributed by atoms with van der Waals surface area (Å²) >= 11 is 0. The van der Waals surface area contributed by atoms with Crippen molar-refractivity contribution in [3.05, 3.63) is 36.1 Å². The van der Waals surface area contributed by atoms with E-state index in [1.54, 1.807) is 6.26 Å². The van der Waals surface area contributed by atoms with Crippen LogP contribution in [-0.2, 0) is 16.4 Å². The zero-order valence-electron chi connectivity index (χ0n) is 11.6. The highest BCUT2D eigenvalue weighted by Crippen LogP contribution is 2.23. The van der Waals surface area contributed by atoms with E-state index in [2.05, 4.69) is 4.90 Å². The summed E-state index contributed by atoms with van der Waals surface area (Å²) < 4.78 is 29.4. The van der Waals surface area contributed by atoms with Gasteiger partial charge in [-0.1, -0.05) is 18.2 Å². The fourth-order valence-corrected chi connectivity index (χ4v) is 4.05. The summed E-state index contributed by atoms with van der Waals surface area (Å²) in [5.41, 5.74) is 2.02. The summed E-state index contributed by atoms with van der Waals surface area (Å²) in [6.07, 6.45) is 2.49. The van der Waals surface area contributed by atoms with Crippen LogP contribution in [0.4, 0.5) is 0 Å². The van der Waals surface area contributed by atoms with E-state index in [1.165, 1.54) is 0 Å². The van der Waals surface area contributed by atoms with Crippen molar-refractivity contribution in [2.75, 3.05) is 18.8 Å². The Kier molecular flexibility index (Phi) is 3.56. The van der Waals surface area contributed by atoms with E-state index < -0.39 is 9.84 Å². The fourth-order valence-electron chi connectivity index (χ4n) is 2.67. The van der Waals surface area contributed by atoms with Crippen LogP contribution in [0.5, 0.6) is 0 Å². The van der Waals surface area contributed by atoms with Crippen molar-refractivity contribution >= 4 is 20.8 Å². The molecule has 20 heavy (non-hydrogen) atoms. The molecule has 108 valence electrons. The maximum absolute atomic E-state index is 11.9. The van der Waals surface area contributed by atoms with Crippen LogP contribution in [0.2, 0.25) is 0 Å². The molecule has 1 aliphatic heterocycles. The molecule has 1 aromatic carbocycles. The Balaban J connectivity index is 1.78. The molecule has 0 amide bonds. The molecule has 2 heterocycles. The van der Waals surface area contributed by atoms with Crippen LogP contribution < -0.4 is 0 Å². The van der Waals surface area contributed by atoms with Gasteiger partial charge in [0.05, 0.1) is 17.3 Å². The second kappa shape index (κ2) is 5.22. The summed E-state index contributed by atoms with van der Waals surface area (Å²) in [4.78, 5) is 2.21. The molecule has 3 rings (SSSR count). The van der Waals surface area contributed by atoms with Crippen molar-refractivity contribution in [3.63, 3.8) is 0 Å². The van der Waals surface area contributed by atoms with Gasteiger partial charge in [0, 0.05) is 24.0 Å². The van der Waals surface area contributed by atoms with E-state index in [9.17, 15) is 8.42 Å². The minimum absolute atomic E-state index is 0.228. The minimum Gasteiger partial charge on any atom is -0.464 e. The smallest absolute Gasteiger partial charge is 0.154 e. The Hall–Kier alpha value is -1.33. The third-order valence-electron chi connectivity index (χ3n) is 4.11. The number of nitrogens with zero attached hydrogens (tertiary/aromatic N) is 1. The van der Waals surface area contributed by atoms with Crippen molar-refractivity contribution in [2.24, 2.45) is 0 Å². The van der Waals surface area contributed by atoms with Crippen molar-refractivity contribution in [2.45, 2.75) is 25.1 Å². The average molecular weight is 293 g/mol. The van der Waals surface area contributed by atoms with Gasteiger partial charge in [0.1, 0.15) is 5.58 Å². The highest BCUT2D eigenvalue weighted by molar-refractivity contribution is 7.92. The Morgan fingerprint density at radius 1 is 1.30 bits per heavy atom. The first kappa shape index (κ1) is 13.6. The normalized spacial score (nSPS) is 23.8. The quantitative estimate of drug-likeness (QED) is 0.853. The highest BCUT2D eigenvalue weighted by Gasteiger charge is 2.26. The van der Waals surface area contributed by atoms with E-state index in [1.807, 2.05) is 31.2 Å². The second-order valence-electron chi connectivity index (χ2n) is 5.50. The number of sulfone groups is 1. The number of furan rings is 1. The van der Waals surface area contributed by atoms with E-state index in [0.717, 1.165) is 29.6 Å². The van der Waals surface area contributed by atoms with Crippen molar-refractivity contribution in [3.8, 4) is 0 Å². The van der Waals surface area contributed by atoms with Gasteiger partial charge in [-0.3, -0.25) is 4.90 Å². The van der Waals surface area contributed by atoms with Gasteiger partial charge >= 0.3 is 0 Å². The summed E-state index contributed by atoms with van der Waals surface area (Å²) in [6.45, 7) is 3.98. The lowest BCUT2D eigenvalue weighted by Gasteiger charge is -2.18. The van der Waals surface area contributed by atoms with Crippen molar-refractivity contribution in [1.82, 2.24) is 4.90 Å². The molecule has 0 radical (unpaired) electrons. The molecule has 2 aromatic rings. The van der Waals surface area contributed by atoms with Gasteiger partial charge in [-0.2, -0.15) is 0 Å². The van der Waals surface area contributed by atoms with Gasteiger partial charge in [-0.15, -0.1) is 0 Å². The predicted octanol–water partition coefficient (Wildman–Crippen LogP) is 2.44. The Bertz CT molecular complexity index is 705. The van der Waals surface area contributed by atoms with Crippen LogP contribution in [0.1, 0.15) is 18.9 Å². The Labute approximate surface area is 119 Å². The zero-order valence-corrected chi connectivity index (χ0v) is 12.4. The van der Waals surface area contributed by atoms with Crippen LogP contribution in [-0.4, -0.2) is 37.4 Å². The summed E-state index contributed by atoms with van der Waals surface area (Å²) in [7, 11) is -2.92. The summed E-state index contributed by atoms with van der Waals surface area (Å²) in [6, 6.07) is 7.95. The van der Waals surface area contributed by atoms with Crippen LogP contribution in [0.15, 0.2) is 34.9 Å². The first-order valence-electron chi connectivity index (χ1n) is 6.95. The molecule has 4 nitrogen and oxygen atoms in total. The monoisotopic (exact) mass is 293 g/mol. The predicted molar refractivity (Wildman–Crippen MR) is 79.4 cm³/mol. The number of para-hydroxylation sites is 1. The number of hydrogen-bond acceptors (Lipinski definition) is 4. The van der Waals surface area contributed by atoms with Gasteiger partial charge in [0.15, 0.2) is 9.84 Å². The molecule has 0 spiro atoms. The second-order valence-corrected chi connectivity index (χ2v) is 8.04. The number of fused-ring (bicyclic) bond motifs is 1. The molecule has 0 unspecified atom stereocenters. The molecule has 1 saturated heterocycles. The summed E-state index contributed by atoms with van der Waals surface area (Å²) in [5, 5.41) is 0.890. The first-order valence-corrected chi connectivity index (χ1v) is 8.67. The van der Waals surface area contributed by atoms with Crippen LogP contribution >= 0.6 is 0 Å². The Morgan fingerprint density at radius 2 is 2.10 bits per heavy atom. The SMILES string of the molecule is C[C@@H]1CCN(Cc2coc3ccccc23)CCS1(=O)=O. The lowest BCUT2D eigenvalue weighted by Crippen LogP contribution is -2.26.